The van der Waals surface area contributed by atoms with Crippen LogP contribution in [-0.4, -0.2) is 29.3 Å². The molecule has 2 rings (SSSR count). The van der Waals surface area contributed by atoms with Gasteiger partial charge in [0.25, 0.3) is 0 Å². The molecule has 0 N–H and O–H groups in total. The first-order valence-electron chi connectivity index (χ1n) is 6.18. The minimum Gasteiger partial charge on any atom is -0.479 e. The van der Waals surface area contributed by atoms with E-state index in [4.69, 9.17) is 10.00 Å². The number of aryl methyl sites for hydroxylation is 1. The Labute approximate surface area is 158 Å². The standard InChI is InChI=1S/C15H14BrN2O2.Y/c1-10-9-11(20-8-7-17)3-4-12(10)14-6-5-13(16)15(19)18(14)2;/h3-4,9,13H,5,8H2,1-2H3;/q-1;. The summed E-state index contributed by atoms with van der Waals surface area (Å²) in [6.07, 6.45) is 3.81. The molecule has 0 aromatic heterocycles. The SMILES string of the molecule is Cc1cc(OCC#N)ccc1C1=[C-]CC(Br)C(=O)N1C.[Y]. The van der Waals surface area contributed by atoms with Gasteiger partial charge in [0.1, 0.15) is 11.8 Å². The summed E-state index contributed by atoms with van der Waals surface area (Å²) in [6.45, 7) is 1.97. The fraction of sp³-hybridized carbons (Fsp3) is 0.333. The number of nitrogens with zero attached hydrogens (tertiary/aromatic N) is 2. The van der Waals surface area contributed by atoms with Crippen molar-refractivity contribution in [1.82, 2.24) is 4.90 Å². The van der Waals surface area contributed by atoms with Crippen LogP contribution in [0.25, 0.3) is 5.70 Å². The molecule has 1 aliphatic heterocycles. The molecule has 1 aliphatic rings. The van der Waals surface area contributed by atoms with Gasteiger partial charge in [-0.2, -0.15) is 5.26 Å². The molecule has 1 heterocycles. The van der Waals surface area contributed by atoms with E-state index in [0.717, 1.165) is 16.8 Å². The molecule has 21 heavy (non-hydrogen) atoms. The Hall–Kier alpha value is -0.696. The number of halogens is 1. The Kier molecular flexibility index (Phi) is 7.06. The number of carbonyl (C=O) groups excluding carboxylic acids is 1. The van der Waals surface area contributed by atoms with E-state index in [2.05, 4.69) is 22.0 Å². The van der Waals surface area contributed by atoms with E-state index in [1.54, 1.807) is 18.0 Å². The molecule has 107 valence electrons. The topological polar surface area (TPSA) is 53.3 Å². The Morgan fingerprint density at radius 1 is 1.57 bits per heavy atom. The minimum absolute atomic E-state index is 0. The van der Waals surface area contributed by atoms with Crippen molar-refractivity contribution in [2.75, 3.05) is 13.7 Å². The van der Waals surface area contributed by atoms with Crippen molar-refractivity contribution in [1.29, 1.82) is 5.26 Å². The Morgan fingerprint density at radius 2 is 2.29 bits per heavy atom. The Morgan fingerprint density at radius 3 is 2.90 bits per heavy atom. The third kappa shape index (κ3) is 4.15. The number of amides is 1. The Balaban J connectivity index is 0.00000220. The Bertz CT molecular complexity index is 610. The number of allylic oxidation sites excluding steroid dienone is 1. The summed E-state index contributed by atoms with van der Waals surface area (Å²) in [6, 6.07) is 7.48. The van der Waals surface area contributed by atoms with E-state index in [1.165, 1.54) is 0 Å². The zero-order valence-corrected chi connectivity index (χ0v) is 16.3. The van der Waals surface area contributed by atoms with E-state index in [1.807, 2.05) is 25.1 Å². The summed E-state index contributed by atoms with van der Waals surface area (Å²) in [4.78, 5) is 13.4. The number of benzene rings is 1. The van der Waals surface area contributed by atoms with Gasteiger partial charge < -0.3 is 9.64 Å². The second-order valence-electron chi connectivity index (χ2n) is 4.52. The third-order valence-electron chi connectivity index (χ3n) is 3.14. The quantitative estimate of drug-likeness (QED) is 0.555. The molecule has 0 saturated carbocycles. The fourth-order valence-electron chi connectivity index (χ4n) is 2.10. The second-order valence-corrected chi connectivity index (χ2v) is 5.62. The summed E-state index contributed by atoms with van der Waals surface area (Å²) >= 11 is 3.34. The van der Waals surface area contributed by atoms with Crippen LogP contribution in [0.1, 0.15) is 17.5 Å². The van der Waals surface area contributed by atoms with Crippen molar-refractivity contribution in [2.24, 2.45) is 0 Å². The van der Waals surface area contributed by atoms with Crippen LogP contribution in [0.2, 0.25) is 0 Å². The molecule has 1 aromatic rings. The molecule has 1 amide bonds. The molecule has 1 aromatic carbocycles. The van der Waals surface area contributed by atoms with Crippen molar-refractivity contribution in [2.45, 2.75) is 18.2 Å². The maximum Gasteiger partial charge on any atom is 0.236 e. The number of hydrogen-bond donors (Lipinski definition) is 0. The number of nitriles is 1. The molecule has 1 unspecified atom stereocenters. The first-order chi connectivity index (χ1) is 9.54. The molecular weight excluding hydrogens is 409 g/mol. The monoisotopic (exact) mass is 422 g/mol. The first kappa shape index (κ1) is 18.4. The zero-order chi connectivity index (χ0) is 14.7. The van der Waals surface area contributed by atoms with Crippen LogP contribution in [0.5, 0.6) is 5.75 Å². The molecule has 1 radical (unpaired) electrons. The van der Waals surface area contributed by atoms with Crippen molar-refractivity contribution < 1.29 is 42.2 Å². The number of carbonyl (C=O) groups is 1. The maximum atomic E-state index is 12.0. The van der Waals surface area contributed by atoms with Gasteiger partial charge in [-0.15, -0.1) is 22.9 Å². The van der Waals surface area contributed by atoms with Gasteiger partial charge in [0.15, 0.2) is 6.61 Å². The molecule has 4 nitrogen and oxygen atoms in total. The molecule has 0 saturated heterocycles. The van der Waals surface area contributed by atoms with E-state index in [9.17, 15) is 4.79 Å². The summed E-state index contributed by atoms with van der Waals surface area (Å²) in [7, 11) is 1.75. The van der Waals surface area contributed by atoms with Gasteiger partial charge in [-0.1, -0.05) is 29.3 Å². The van der Waals surface area contributed by atoms with Gasteiger partial charge in [-0.05, 0) is 12.1 Å². The van der Waals surface area contributed by atoms with Gasteiger partial charge in [0.05, 0.1) is 4.83 Å². The molecule has 0 fully saturated rings. The van der Waals surface area contributed by atoms with E-state index >= 15 is 0 Å². The summed E-state index contributed by atoms with van der Waals surface area (Å²) < 4.78 is 5.26. The van der Waals surface area contributed by atoms with Crippen molar-refractivity contribution >= 4 is 27.5 Å². The van der Waals surface area contributed by atoms with Crippen molar-refractivity contribution in [3.63, 3.8) is 0 Å². The molecule has 0 aliphatic carbocycles. The van der Waals surface area contributed by atoms with Gasteiger partial charge in [-0.3, -0.25) is 4.79 Å². The van der Waals surface area contributed by atoms with Crippen LogP contribution in [0.4, 0.5) is 0 Å². The van der Waals surface area contributed by atoms with Crippen molar-refractivity contribution in [3.8, 4) is 11.8 Å². The van der Waals surface area contributed by atoms with Crippen LogP contribution in [-0.2, 0) is 37.5 Å². The van der Waals surface area contributed by atoms with E-state index in [-0.39, 0.29) is 50.1 Å². The summed E-state index contributed by atoms with van der Waals surface area (Å²) in [5, 5.41) is 8.51. The number of rotatable bonds is 3. The predicted molar refractivity (Wildman–Crippen MR) is 79.0 cm³/mol. The zero-order valence-electron chi connectivity index (χ0n) is 11.9. The molecular formula is C15H14BrN2O2Y-. The van der Waals surface area contributed by atoms with Crippen LogP contribution >= 0.6 is 15.9 Å². The summed E-state index contributed by atoms with van der Waals surface area (Å²) in [5.41, 5.74) is 2.72. The third-order valence-corrected chi connectivity index (χ3v) is 3.85. The summed E-state index contributed by atoms with van der Waals surface area (Å²) in [5.74, 6) is 0.680. The predicted octanol–water partition coefficient (Wildman–Crippen LogP) is 2.66. The largest absolute Gasteiger partial charge is 0.479 e. The molecule has 1 atom stereocenters. The smallest absolute Gasteiger partial charge is 0.236 e. The van der Waals surface area contributed by atoms with Gasteiger partial charge >= 0.3 is 0 Å². The molecule has 0 bridgehead atoms. The van der Waals surface area contributed by atoms with E-state index < -0.39 is 0 Å². The van der Waals surface area contributed by atoms with Crippen LogP contribution in [0.3, 0.4) is 0 Å². The van der Waals surface area contributed by atoms with E-state index in [0.29, 0.717) is 12.2 Å². The average molecular weight is 423 g/mol. The average Bonchev–Trinajstić information content (AvgIpc) is 2.44. The molecule has 0 spiro atoms. The number of alkyl halides is 1. The fourth-order valence-corrected chi connectivity index (χ4v) is 2.56. The van der Waals surface area contributed by atoms with Gasteiger partial charge in [-0.25, -0.2) is 6.08 Å². The van der Waals surface area contributed by atoms with Gasteiger partial charge in [0.2, 0.25) is 5.91 Å². The number of ether oxygens (including phenoxy) is 1. The number of hydrogen-bond acceptors (Lipinski definition) is 3. The normalized spacial score (nSPS) is 17.6. The first-order valence-corrected chi connectivity index (χ1v) is 7.09. The van der Waals surface area contributed by atoms with Crippen LogP contribution in [0, 0.1) is 24.3 Å². The second kappa shape index (κ2) is 8.07. The van der Waals surface area contributed by atoms with Crippen LogP contribution < -0.4 is 4.74 Å². The van der Waals surface area contributed by atoms with Crippen molar-refractivity contribution in [3.05, 3.63) is 35.4 Å². The maximum absolute atomic E-state index is 12.0. The molecule has 6 heteroatoms. The van der Waals surface area contributed by atoms with Crippen LogP contribution in [0.15, 0.2) is 18.2 Å². The van der Waals surface area contributed by atoms with Gasteiger partial charge in [0, 0.05) is 39.8 Å². The minimum atomic E-state index is -0.199.